The molecular formula is C5H9ClF3N. The topological polar surface area (TPSA) is 26.0 Å². The van der Waals surface area contributed by atoms with Gasteiger partial charge in [0.25, 0.3) is 0 Å². The van der Waals surface area contributed by atoms with Gasteiger partial charge in [-0.25, -0.2) is 0 Å². The van der Waals surface area contributed by atoms with Gasteiger partial charge in [-0.15, -0.1) is 12.4 Å². The first-order chi connectivity index (χ1) is 3.84. The number of rotatable bonds is 0. The van der Waals surface area contributed by atoms with Crippen LogP contribution >= 0.6 is 12.4 Å². The Bertz CT molecular complexity index is 131. The molecule has 0 heterocycles. The van der Waals surface area contributed by atoms with E-state index in [-0.39, 0.29) is 18.8 Å². The summed E-state index contributed by atoms with van der Waals surface area (Å²) in [5, 5.41) is 0. The molecule has 0 unspecified atom stereocenters. The van der Waals surface area contributed by atoms with Gasteiger partial charge in [-0.1, -0.05) is 0 Å². The Kier molecular flexibility index (Phi) is 2.28. The highest BCUT2D eigenvalue weighted by Gasteiger charge is 2.61. The van der Waals surface area contributed by atoms with Gasteiger partial charge in [-0.05, 0) is 13.3 Å². The number of hydrogen-bond donors (Lipinski definition) is 1. The molecule has 1 rings (SSSR count). The maximum atomic E-state index is 11.7. The maximum Gasteiger partial charge on any atom is 0.393 e. The Labute approximate surface area is 63.2 Å². The first kappa shape index (κ1) is 10.0. The van der Waals surface area contributed by atoms with Crippen molar-refractivity contribution in [1.29, 1.82) is 0 Å². The molecule has 0 radical (unpaired) electrons. The standard InChI is InChI=1S/C5H8F3N.ClH/c1-4(9)2-3(4)5(6,7)8;/h3H,2,9H2,1H3;1H/t3-,4-;/m1./s1. The third-order valence-electron chi connectivity index (χ3n) is 1.67. The molecule has 1 aliphatic rings. The lowest BCUT2D eigenvalue weighted by Gasteiger charge is -2.06. The minimum atomic E-state index is -4.08. The van der Waals surface area contributed by atoms with E-state index in [1.165, 1.54) is 6.92 Å². The van der Waals surface area contributed by atoms with Gasteiger partial charge in [0, 0.05) is 5.54 Å². The molecule has 0 spiro atoms. The van der Waals surface area contributed by atoms with Crippen LogP contribution in [0.1, 0.15) is 13.3 Å². The largest absolute Gasteiger partial charge is 0.393 e. The Hall–Kier alpha value is 0.0400. The molecule has 0 aliphatic heterocycles. The van der Waals surface area contributed by atoms with Crippen LogP contribution in [-0.4, -0.2) is 11.7 Å². The number of hydrogen-bond acceptors (Lipinski definition) is 1. The molecule has 0 aromatic carbocycles. The van der Waals surface area contributed by atoms with Crippen LogP contribution in [-0.2, 0) is 0 Å². The molecule has 0 aromatic rings. The summed E-state index contributed by atoms with van der Waals surface area (Å²) in [6, 6.07) is 0. The molecular weight excluding hydrogens is 167 g/mol. The zero-order valence-corrected chi connectivity index (χ0v) is 6.22. The lowest BCUT2D eigenvalue weighted by molar-refractivity contribution is -0.151. The summed E-state index contributed by atoms with van der Waals surface area (Å²) < 4.78 is 35.0. The highest BCUT2D eigenvalue weighted by atomic mass is 35.5. The van der Waals surface area contributed by atoms with Crippen molar-refractivity contribution in [3.63, 3.8) is 0 Å². The lowest BCUT2D eigenvalue weighted by Crippen LogP contribution is -2.27. The molecule has 1 nitrogen and oxygen atoms in total. The van der Waals surface area contributed by atoms with E-state index in [4.69, 9.17) is 5.73 Å². The average Bonchev–Trinajstić information content (AvgIpc) is 2.10. The smallest absolute Gasteiger partial charge is 0.325 e. The summed E-state index contributed by atoms with van der Waals surface area (Å²) in [4.78, 5) is 0. The van der Waals surface area contributed by atoms with Crippen molar-refractivity contribution in [2.24, 2.45) is 11.7 Å². The minimum Gasteiger partial charge on any atom is -0.325 e. The molecule has 0 bridgehead atoms. The van der Waals surface area contributed by atoms with Crippen molar-refractivity contribution < 1.29 is 13.2 Å². The second-order valence-corrected chi connectivity index (χ2v) is 2.80. The van der Waals surface area contributed by atoms with E-state index in [2.05, 4.69) is 0 Å². The SMILES string of the molecule is C[C@@]1(N)C[C@H]1C(F)(F)F.Cl. The van der Waals surface area contributed by atoms with Gasteiger partial charge in [0.2, 0.25) is 0 Å². The van der Waals surface area contributed by atoms with Crippen LogP contribution in [0.25, 0.3) is 0 Å². The van der Waals surface area contributed by atoms with Crippen LogP contribution in [0.15, 0.2) is 0 Å². The third-order valence-corrected chi connectivity index (χ3v) is 1.67. The fourth-order valence-electron chi connectivity index (χ4n) is 0.871. The second kappa shape index (κ2) is 2.27. The van der Waals surface area contributed by atoms with Crippen molar-refractivity contribution in [3.8, 4) is 0 Å². The van der Waals surface area contributed by atoms with E-state index in [9.17, 15) is 13.2 Å². The summed E-state index contributed by atoms with van der Waals surface area (Å²) in [5.41, 5.74) is 4.20. The lowest BCUT2D eigenvalue weighted by atomic mass is 10.2. The van der Waals surface area contributed by atoms with Gasteiger partial charge in [0.1, 0.15) is 0 Å². The van der Waals surface area contributed by atoms with Gasteiger partial charge in [-0.2, -0.15) is 13.2 Å². The highest BCUT2D eigenvalue weighted by molar-refractivity contribution is 5.85. The summed E-state index contributed by atoms with van der Waals surface area (Å²) >= 11 is 0. The Balaban J connectivity index is 0.000000810. The molecule has 2 N–H and O–H groups in total. The molecule has 2 atom stereocenters. The predicted molar refractivity (Wildman–Crippen MR) is 34.0 cm³/mol. The summed E-state index contributed by atoms with van der Waals surface area (Å²) in [6.07, 6.45) is -4.00. The molecule has 0 amide bonds. The molecule has 1 fully saturated rings. The molecule has 1 aliphatic carbocycles. The number of nitrogens with two attached hydrogens (primary N) is 1. The van der Waals surface area contributed by atoms with Crippen molar-refractivity contribution in [1.82, 2.24) is 0 Å². The first-order valence-electron chi connectivity index (χ1n) is 2.69. The van der Waals surface area contributed by atoms with Crippen molar-refractivity contribution in [2.75, 3.05) is 0 Å². The van der Waals surface area contributed by atoms with E-state index in [1.54, 1.807) is 0 Å². The maximum absolute atomic E-state index is 11.7. The van der Waals surface area contributed by atoms with Crippen LogP contribution in [0.2, 0.25) is 0 Å². The van der Waals surface area contributed by atoms with Crippen LogP contribution in [0, 0.1) is 5.92 Å². The Morgan fingerprint density at radius 2 is 1.80 bits per heavy atom. The molecule has 62 valence electrons. The molecule has 5 heteroatoms. The van der Waals surface area contributed by atoms with Crippen LogP contribution in [0.5, 0.6) is 0 Å². The van der Waals surface area contributed by atoms with Gasteiger partial charge < -0.3 is 5.73 Å². The van der Waals surface area contributed by atoms with Crippen molar-refractivity contribution in [3.05, 3.63) is 0 Å². The Morgan fingerprint density at radius 3 is 1.80 bits per heavy atom. The fraction of sp³-hybridized carbons (Fsp3) is 1.00. The highest BCUT2D eigenvalue weighted by Crippen LogP contribution is 2.51. The van der Waals surface area contributed by atoms with E-state index < -0.39 is 17.6 Å². The fourth-order valence-corrected chi connectivity index (χ4v) is 0.871. The van der Waals surface area contributed by atoms with Crippen molar-refractivity contribution >= 4 is 12.4 Å². The zero-order chi connectivity index (χ0) is 7.28. The number of alkyl halides is 3. The normalized spacial score (nSPS) is 38.7. The van der Waals surface area contributed by atoms with E-state index in [1.807, 2.05) is 0 Å². The molecule has 1 saturated carbocycles. The molecule has 10 heavy (non-hydrogen) atoms. The third kappa shape index (κ3) is 1.76. The van der Waals surface area contributed by atoms with E-state index >= 15 is 0 Å². The monoisotopic (exact) mass is 175 g/mol. The second-order valence-electron chi connectivity index (χ2n) is 2.80. The van der Waals surface area contributed by atoms with E-state index in [0.29, 0.717) is 0 Å². The van der Waals surface area contributed by atoms with Gasteiger partial charge >= 0.3 is 6.18 Å². The van der Waals surface area contributed by atoms with Gasteiger partial charge in [-0.3, -0.25) is 0 Å². The summed E-state index contributed by atoms with van der Waals surface area (Å²) in [5.74, 6) is -1.26. The minimum absolute atomic E-state index is 0. The quantitative estimate of drug-likeness (QED) is 0.596. The van der Waals surface area contributed by atoms with Crippen LogP contribution < -0.4 is 5.73 Å². The predicted octanol–water partition coefficient (Wildman–Crippen LogP) is 1.71. The average molecular weight is 176 g/mol. The molecule has 0 saturated heterocycles. The first-order valence-corrected chi connectivity index (χ1v) is 2.69. The van der Waals surface area contributed by atoms with Gasteiger partial charge in [0.15, 0.2) is 0 Å². The van der Waals surface area contributed by atoms with Crippen LogP contribution in [0.4, 0.5) is 13.2 Å². The van der Waals surface area contributed by atoms with Gasteiger partial charge in [0.05, 0.1) is 5.92 Å². The summed E-state index contributed by atoms with van der Waals surface area (Å²) in [6.45, 7) is 1.42. The van der Waals surface area contributed by atoms with Crippen molar-refractivity contribution in [2.45, 2.75) is 25.1 Å². The van der Waals surface area contributed by atoms with Crippen LogP contribution in [0.3, 0.4) is 0 Å². The zero-order valence-electron chi connectivity index (χ0n) is 5.40. The number of halogens is 4. The molecule has 0 aromatic heterocycles. The Morgan fingerprint density at radius 1 is 1.50 bits per heavy atom. The summed E-state index contributed by atoms with van der Waals surface area (Å²) in [7, 11) is 0. The van der Waals surface area contributed by atoms with E-state index in [0.717, 1.165) is 0 Å².